The van der Waals surface area contributed by atoms with Crippen LogP contribution in [0, 0.1) is 5.82 Å². The van der Waals surface area contributed by atoms with Gasteiger partial charge in [-0.15, -0.1) is 0 Å². The van der Waals surface area contributed by atoms with E-state index in [4.69, 9.17) is 4.52 Å². The van der Waals surface area contributed by atoms with Gasteiger partial charge in [0.25, 0.3) is 5.89 Å². The van der Waals surface area contributed by atoms with Crippen molar-refractivity contribution in [1.82, 2.24) is 20.4 Å². The SMILES string of the molecule is Fc1ccc(-c2noc(-c3cccnc3N3CCNCC3)n2)cc1. The van der Waals surface area contributed by atoms with Crippen LogP contribution in [0.15, 0.2) is 47.1 Å². The minimum atomic E-state index is -0.296. The van der Waals surface area contributed by atoms with Gasteiger partial charge in [-0.1, -0.05) is 5.16 Å². The number of pyridine rings is 1. The molecular formula is C17H16FN5O. The lowest BCUT2D eigenvalue weighted by Crippen LogP contribution is -2.44. The Balaban J connectivity index is 1.68. The number of rotatable bonds is 3. The van der Waals surface area contributed by atoms with Crippen LogP contribution < -0.4 is 10.2 Å². The zero-order valence-electron chi connectivity index (χ0n) is 12.9. The molecule has 122 valence electrons. The van der Waals surface area contributed by atoms with Gasteiger partial charge in [-0.25, -0.2) is 9.37 Å². The highest BCUT2D eigenvalue weighted by Gasteiger charge is 2.20. The number of hydrogen-bond donors (Lipinski definition) is 1. The molecule has 3 aromatic rings. The maximum atomic E-state index is 13.0. The summed E-state index contributed by atoms with van der Waals surface area (Å²) in [7, 11) is 0. The molecule has 1 aliphatic rings. The van der Waals surface area contributed by atoms with E-state index in [9.17, 15) is 4.39 Å². The number of halogens is 1. The normalized spacial score (nSPS) is 14.8. The number of piperazine rings is 1. The first kappa shape index (κ1) is 14.8. The van der Waals surface area contributed by atoms with E-state index in [1.165, 1.54) is 12.1 Å². The first-order valence-corrected chi connectivity index (χ1v) is 7.82. The Hall–Kier alpha value is -2.80. The van der Waals surface area contributed by atoms with E-state index in [2.05, 4.69) is 25.3 Å². The van der Waals surface area contributed by atoms with Gasteiger partial charge in [0.05, 0.1) is 5.56 Å². The number of benzene rings is 1. The van der Waals surface area contributed by atoms with E-state index in [0.717, 1.165) is 37.6 Å². The molecule has 3 heterocycles. The molecule has 0 bridgehead atoms. The Morgan fingerprint density at radius 1 is 1.08 bits per heavy atom. The molecule has 24 heavy (non-hydrogen) atoms. The zero-order chi connectivity index (χ0) is 16.4. The van der Waals surface area contributed by atoms with Crippen molar-refractivity contribution in [3.05, 3.63) is 48.4 Å². The van der Waals surface area contributed by atoms with Crippen LogP contribution in [-0.2, 0) is 0 Å². The minimum absolute atomic E-state index is 0.296. The fourth-order valence-electron chi connectivity index (χ4n) is 2.74. The Labute approximate surface area is 138 Å². The fourth-order valence-corrected chi connectivity index (χ4v) is 2.74. The largest absolute Gasteiger partial charge is 0.353 e. The zero-order valence-corrected chi connectivity index (χ0v) is 12.9. The van der Waals surface area contributed by atoms with Crippen LogP contribution in [0.2, 0.25) is 0 Å². The molecule has 0 spiro atoms. The van der Waals surface area contributed by atoms with Crippen LogP contribution in [0.5, 0.6) is 0 Å². The lowest BCUT2D eigenvalue weighted by molar-refractivity contribution is 0.432. The van der Waals surface area contributed by atoms with Crippen LogP contribution in [0.4, 0.5) is 10.2 Å². The maximum absolute atomic E-state index is 13.0. The van der Waals surface area contributed by atoms with Crippen molar-refractivity contribution < 1.29 is 8.91 Å². The third kappa shape index (κ3) is 2.85. The molecule has 0 atom stereocenters. The molecule has 1 N–H and O–H groups in total. The van der Waals surface area contributed by atoms with Gasteiger partial charge in [-0.2, -0.15) is 4.98 Å². The van der Waals surface area contributed by atoms with E-state index < -0.39 is 0 Å². The third-order valence-electron chi connectivity index (χ3n) is 3.96. The third-order valence-corrected chi connectivity index (χ3v) is 3.96. The molecule has 1 saturated heterocycles. The van der Waals surface area contributed by atoms with Gasteiger partial charge >= 0.3 is 0 Å². The number of aromatic nitrogens is 3. The molecule has 7 heteroatoms. The molecule has 1 fully saturated rings. The van der Waals surface area contributed by atoms with Gasteiger partial charge in [0.2, 0.25) is 5.82 Å². The Bertz CT molecular complexity index is 827. The molecule has 6 nitrogen and oxygen atoms in total. The Morgan fingerprint density at radius 2 is 1.88 bits per heavy atom. The second-order valence-electron chi connectivity index (χ2n) is 5.54. The molecular weight excluding hydrogens is 309 g/mol. The summed E-state index contributed by atoms with van der Waals surface area (Å²) in [6, 6.07) is 9.78. The predicted molar refractivity (Wildman–Crippen MR) is 88.0 cm³/mol. The van der Waals surface area contributed by atoms with Crippen molar-refractivity contribution in [3.8, 4) is 22.8 Å². The molecule has 0 amide bonds. The van der Waals surface area contributed by atoms with Gasteiger partial charge in [0, 0.05) is 37.9 Å². The van der Waals surface area contributed by atoms with E-state index in [1.807, 2.05) is 12.1 Å². The monoisotopic (exact) mass is 325 g/mol. The van der Waals surface area contributed by atoms with E-state index in [1.54, 1.807) is 18.3 Å². The van der Waals surface area contributed by atoms with Gasteiger partial charge in [0.15, 0.2) is 0 Å². The molecule has 0 radical (unpaired) electrons. The first-order chi connectivity index (χ1) is 11.8. The topological polar surface area (TPSA) is 67.1 Å². The Morgan fingerprint density at radius 3 is 2.67 bits per heavy atom. The Kier molecular flexibility index (Phi) is 3.92. The van der Waals surface area contributed by atoms with Crippen molar-refractivity contribution in [1.29, 1.82) is 0 Å². The number of nitrogens with one attached hydrogen (secondary N) is 1. The molecule has 1 aromatic carbocycles. The van der Waals surface area contributed by atoms with Gasteiger partial charge in [-0.3, -0.25) is 0 Å². The summed E-state index contributed by atoms with van der Waals surface area (Å²) in [5, 5.41) is 7.33. The highest BCUT2D eigenvalue weighted by molar-refractivity contribution is 5.71. The summed E-state index contributed by atoms with van der Waals surface area (Å²) in [6.45, 7) is 3.59. The van der Waals surface area contributed by atoms with Gasteiger partial charge in [-0.05, 0) is 36.4 Å². The molecule has 0 saturated carbocycles. The summed E-state index contributed by atoms with van der Waals surface area (Å²) in [4.78, 5) is 11.1. The van der Waals surface area contributed by atoms with Crippen molar-refractivity contribution in [2.45, 2.75) is 0 Å². The molecule has 2 aromatic heterocycles. The summed E-state index contributed by atoms with van der Waals surface area (Å²) in [5.41, 5.74) is 1.51. The molecule has 0 unspecified atom stereocenters. The second kappa shape index (κ2) is 6.37. The number of nitrogens with zero attached hydrogens (tertiary/aromatic N) is 4. The lowest BCUT2D eigenvalue weighted by atomic mass is 10.2. The summed E-state index contributed by atoms with van der Waals surface area (Å²) < 4.78 is 18.5. The second-order valence-corrected chi connectivity index (χ2v) is 5.54. The van der Waals surface area contributed by atoms with Crippen molar-refractivity contribution in [3.63, 3.8) is 0 Å². The fraction of sp³-hybridized carbons (Fsp3) is 0.235. The number of hydrogen-bond acceptors (Lipinski definition) is 6. The average Bonchev–Trinajstić information content (AvgIpc) is 3.13. The highest BCUT2D eigenvalue weighted by Crippen LogP contribution is 2.29. The molecule has 4 rings (SSSR count). The minimum Gasteiger partial charge on any atom is -0.353 e. The number of anilines is 1. The van der Waals surface area contributed by atoms with Crippen LogP contribution in [-0.4, -0.2) is 41.3 Å². The summed E-state index contributed by atoms with van der Waals surface area (Å²) in [5.74, 6) is 1.39. The molecule has 0 aliphatic carbocycles. The maximum Gasteiger partial charge on any atom is 0.261 e. The van der Waals surface area contributed by atoms with Crippen LogP contribution in [0.25, 0.3) is 22.8 Å². The summed E-state index contributed by atoms with van der Waals surface area (Å²) in [6.07, 6.45) is 1.76. The van der Waals surface area contributed by atoms with Crippen LogP contribution >= 0.6 is 0 Å². The van der Waals surface area contributed by atoms with Crippen LogP contribution in [0.1, 0.15) is 0 Å². The van der Waals surface area contributed by atoms with Gasteiger partial charge < -0.3 is 14.7 Å². The standard InChI is InChI=1S/C17H16FN5O/c18-13-5-3-12(4-6-13)15-21-17(24-22-15)14-2-1-7-20-16(14)23-10-8-19-9-11-23/h1-7,19H,8-11H2. The van der Waals surface area contributed by atoms with Crippen molar-refractivity contribution >= 4 is 5.82 Å². The highest BCUT2D eigenvalue weighted by atomic mass is 19.1. The average molecular weight is 325 g/mol. The van der Waals surface area contributed by atoms with E-state index in [0.29, 0.717) is 17.3 Å². The molecule has 1 aliphatic heterocycles. The first-order valence-electron chi connectivity index (χ1n) is 7.82. The van der Waals surface area contributed by atoms with Crippen LogP contribution in [0.3, 0.4) is 0 Å². The smallest absolute Gasteiger partial charge is 0.261 e. The van der Waals surface area contributed by atoms with E-state index in [-0.39, 0.29) is 5.82 Å². The predicted octanol–water partition coefficient (Wildman–Crippen LogP) is 2.35. The quantitative estimate of drug-likeness (QED) is 0.797. The lowest BCUT2D eigenvalue weighted by Gasteiger charge is -2.29. The summed E-state index contributed by atoms with van der Waals surface area (Å²) >= 11 is 0. The van der Waals surface area contributed by atoms with E-state index >= 15 is 0 Å². The van der Waals surface area contributed by atoms with Crippen molar-refractivity contribution in [2.75, 3.05) is 31.1 Å². The van der Waals surface area contributed by atoms with Crippen molar-refractivity contribution in [2.24, 2.45) is 0 Å². The van der Waals surface area contributed by atoms with Gasteiger partial charge in [0.1, 0.15) is 11.6 Å².